The molecule has 0 heterocycles. The van der Waals surface area contributed by atoms with E-state index in [1.54, 1.807) is 0 Å². The minimum Gasteiger partial charge on any atom is -0.352 e. The van der Waals surface area contributed by atoms with E-state index >= 15 is 0 Å². The van der Waals surface area contributed by atoms with Gasteiger partial charge in [-0.2, -0.15) is 0 Å². The number of nitrogens with one attached hydrogen (secondary N) is 1. The lowest BCUT2D eigenvalue weighted by Crippen LogP contribution is -2.45. The Morgan fingerprint density at radius 1 is 1.32 bits per heavy atom. The lowest BCUT2D eigenvalue weighted by Gasteiger charge is -2.22. The van der Waals surface area contributed by atoms with Crippen molar-refractivity contribution in [3.63, 3.8) is 0 Å². The molecule has 1 aromatic carbocycles. The quantitative estimate of drug-likeness (QED) is 0.823. The number of hydrogen-bond donors (Lipinski definition) is 2. The summed E-state index contributed by atoms with van der Waals surface area (Å²) in [5.74, 6) is 0.601. The highest BCUT2D eigenvalue weighted by Gasteiger charge is 2.33. The van der Waals surface area contributed by atoms with E-state index in [-0.39, 0.29) is 23.9 Å². The van der Waals surface area contributed by atoms with Crippen LogP contribution in [0.5, 0.6) is 0 Å². The van der Waals surface area contributed by atoms with Crippen molar-refractivity contribution in [1.29, 1.82) is 0 Å². The van der Waals surface area contributed by atoms with Crippen LogP contribution in [0.2, 0.25) is 0 Å². The summed E-state index contributed by atoms with van der Waals surface area (Å²) < 4.78 is 0. The van der Waals surface area contributed by atoms with Crippen LogP contribution in [-0.2, 0) is 11.2 Å². The molecule has 3 unspecified atom stereocenters. The molecular formula is C16H24N2O. The molecule has 3 heteroatoms. The van der Waals surface area contributed by atoms with Gasteiger partial charge in [0.1, 0.15) is 0 Å². The molecule has 104 valence electrons. The van der Waals surface area contributed by atoms with E-state index in [2.05, 4.69) is 17.4 Å². The summed E-state index contributed by atoms with van der Waals surface area (Å²) in [6.07, 6.45) is 3.37. The zero-order valence-electron chi connectivity index (χ0n) is 11.8. The van der Waals surface area contributed by atoms with Crippen LogP contribution < -0.4 is 11.1 Å². The number of nitrogens with two attached hydrogens (primary N) is 1. The zero-order chi connectivity index (χ0) is 13.8. The Morgan fingerprint density at radius 2 is 1.95 bits per heavy atom. The Labute approximate surface area is 115 Å². The van der Waals surface area contributed by atoms with Crippen molar-refractivity contribution >= 4 is 5.91 Å². The van der Waals surface area contributed by atoms with Crippen LogP contribution in [0.1, 0.15) is 32.3 Å². The molecule has 2 rings (SSSR count). The van der Waals surface area contributed by atoms with Crippen molar-refractivity contribution in [2.24, 2.45) is 17.6 Å². The van der Waals surface area contributed by atoms with Crippen LogP contribution in [0.15, 0.2) is 30.3 Å². The molecule has 0 aliphatic heterocycles. The Balaban J connectivity index is 1.95. The summed E-state index contributed by atoms with van der Waals surface area (Å²) in [5.41, 5.74) is 7.08. The summed E-state index contributed by atoms with van der Waals surface area (Å²) in [5, 5.41) is 3.19. The third-order valence-corrected chi connectivity index (χ3v) is 4.02. The molecule has 1 aliphatic carbocycles. The van der Waals surface area contributed by atoms with Crippen molar-refractivity contribution < 1.29 is 4.79 Å². The summed E-state index contributed by atoms with van der Waals surface area (Å²) >= 11 is 0. The first-order valence-corrected chi connectivity index (χ1v) is 7.18. The predicted molar refractivity (Wildman–Crippen MR) is 77.6 cm³/mol. The van der Waals surface area contributed by atoms with Crippen LogP contribution in [0.3, 0.4) is 0 Å². The maximum Gasteiger partial charge on any atom is 0.224 e. The van der Waals surface area contributed by atoms with Gasteiger partial charge in [-0.1, -0.05) is 37.3 Å². The minimum atomic E-state index is -0.128. The van der Waals surface area contributed by atoms with Gasteiger partial charge < -0.3 is 11.1 Å². The van der Waals surface area contributed by atoms with Crippen LogP contribution in [-0.4, -0.2) is 18.0 Å². The second-order valence-corrected chi connectivity index (χ2v) is 5.79. The second-order valence-electron chi connectivity index (χ2n) is 5.79. The summed E-state index contributed by atoms with van der Waals surface area (Å²) in [6.45, 7) is 3.78. The summed E-state index contributed by atoms with van der Waals surface area (Å²) in [6, 6.07) is 10.5. The molecule has 1 aromatic rings. The highest BCUT2D eigenvalue weighted by Crippen LogP contribution is 2.34. The average Bonchev–Trinajstić information content (AvgIpc) is 3.22. The van der Waals surface area contributed by atoms with Crippen molar-refractivity contribution in [2.45, 2.75) is 45.2 Å². The van der Waals surface area contributed by atoms with Gasteiger partial charge in [-0.3, -0.25) is 4.79 Å². The molecule has 0 saturated heterocycles. The minimum absolute atomic E-state index is 0.0860. The second kappa shape index (κ2) is 6.20. The predicted octanol–water partition coefficient (Wildman–Crippen LogP) is 2.11. The van der Waals surface area contributed by atoms with Crippen molar-refractivity contribution in [3.05, 3.63) is 35.9 Å². The van der Waals surface area contributed by atoms with Gasteiger partial charge in [0.05, 0.1) is 0 Å². The number of carbonyl (C=O) groups excluding carboxylic acids is 1. The number of hydrogen-bond acceptors (Lipinski definition) is 2. The highest BCUT2D eigenvalue weighted by atomic mass is 16.2. The first kappa shape index (κ1) is 14.1. The molecule has 0 spiro atoms. The summed E-state index contributed by atoms with van der Waals surface area (Å²) in [4.78, 5) is 12.1. The molecule has 1 fully saturated rings. The van der Waals surface area contributed by atoms with Crippen molar-refractivity contribution in [2.75, 3.05) is 0 Å². The summed E-state index contributed by atoms with van der Waals surface area (Å²) in [7, 11) is 0. The van der Waals surface area contributed by atoms with E-state index < -0.39 is 0 Å². The molecule has 0 bridgehead atoms. The number of carbonyl (C=O) groups is 1. The largest absolute Gasteiger partial charge is 0.352 e. The molecule has 0 aromatic heterocycles. The Morgan fingerprint density at radius 3 is 2.47 bits per heavy atom. The van der Waals surface area contributed by atoms with Crippen molar-refractivity contribution in [1.82, 2.24) is 5.32 Å². The van der Waals surface area contributed by atoms with Crippen LogP contribution in [0.25, 0.3) is 0 Å². The molecule has 19 heavy (non-hydrogen) atoms. The smallest absolute Gasteiger partial charge is 0.224 e. The van der Waals surface area contributed by atoms with Crippen LogP contribution in [0, 0.1) is 11.8 Å². The van der Waals surface area contributed by atoms with Gasteiger partial charge in [0, 0.05) is 18.0 Å². The molecule has 1 amide bonds. The monoisotopic (exact) mass is 260 g/mol. The molecule has 3 N–H and O–H groups in total. The lowest BCUT2D eigenvalue weighted by atomic mass is 9.99. The highest BCUT2D eigenvalue weighted by molar-refractivity contribution is 5.79. The van der Waals surface area contributed by atoms with Gasteiger partial charge in [-0.15, -0.1) is 0 Å². The van der Waals surface area contributed by atoms with Gasteiger partial charge in [-0.25, -0.2) is 0 Å². The van der Waals surface area contributed by atoms with Gasteiger partial charge in [0.2, 0.25) is 5.91 Å². The molecule has 3 nitrogen and oxygen atoms in total. The molecule has 0 radical (unpaired) electrons. The molecule has 3 atom stereocenters. The van der Waals surface area contributed by atoms with Gasteiger partial charge in [0.25, 0.3) is 0 Å². The van der Waals surface area contributed by atoms with Crippen molar-refractivity contribution in [3.8, 4) is 0 Å². The first-order chi connectivity index (χ1) is 9.08. The van der Waals surface area contributed by atoms with E-state index in [1.165, 1.54) is 18.4 Å². The average molecular weight is 260 g/mol. The number of benzene rings is 1. The first-order valence-electron chi connectivity index (χ1n) is 7.18. The van der Waals surface area contributed by atoms with E-state index in [4.69, 9.17) is 5.73 Å². The van der Waals surface area contributed by atoms with E-state index in [9.17, 15) is 4.79 Å². The SMILES string of the molecule is CC(N)C(C)C(=O)NC(Cc1ccccc1)C1CC1. The van der Waals surface area contributed by atoms with E-state index in [1.807, 2.05) is 32.0 Å². The van der Waals surface area contributed by atoms with Crippen LogP contribution >= 0.6 is 0 Å². The Kier molecular flexibility index (Phi) is 4.59. The maximum absolute atomic E-state index is 12.1. The molecule has 1 saturated carbocycles. The van der Waals surface area contributed by atoms with Crippen LogP contribution in [0.4, 0.5) is 0 Å². The Bertz CT molecular complexity index is 412. The van der Waals surface area contributed by atoms with Gasteiger partial charge in [0.15, 0.2) is 0 Å². The fourth-order valence-corrected chi connectivity index (χ4v) is 2.26. The maximum atomic E-state index is 12.1. The Hall–Kier alpha value is -1.35. The number of rotatable bonds is 6. The topological polar surface area (TPSA) is 55.1 Å². The zero-order valence-corrected chi connectivity index (χ0v) is 11.8. The normalized spacial score (nSPS) is 19.5. The van der Waals surface area contributed by atoms with Gasteiger partial charge in [-0.05, 0) is 37.7 Å². The lowest BCUT2D eigenvalue weighted by molar-refractivity contribution is -0.125. The van der Waals surface area contributed by atoms with E-state index in [0.717, 1.165) is 6.42 Å². The van der Waals surface area contributed by atoms with Gasteiger partial charge >= 0.3 is 0 Å². The van der Waals surface area contributed by atoms with E-state index in [0.29, 0.717) is 5.92 Å². The molecular weight excluding hydrogens is 236 g/mol. The number of amides is 1. The third kappa shape index (κ3) is 4.06. The fourth-order valence-electron chi connectivity index (χ4n) is 2.26. The standard InChI is InChI=1S/C16H24N2O/c1-11(12(2)17)16(19)18-15(14-8-9-14)10-13-6-4-3-5-7-13/h3-7,11-12,14-15H,8-10,17H2,1-2H3,(H,18,19). The molecule has 1 aliphatic rings. The third-order valence-electron chi connectivity index (χ3n) is 4.02. The fraction of sp³-hybridized carbons (Fsp3) is 0.562.